The van der Waals surface area contributed by atoms with Gasteiger partial charge in [-0.25, -0.2) is 12.7 Å². The smallest absolute Gasteiger partial charge is 0.244 e. The zero-order valence-corrected chi connectivity index (χ0v) is 14.3. The molecule has 1 aromatic rings. The molecule has 1 saturated carbocycles. The summed E-state index contributed by atoms with van der Waals surface area (Å²) in [5.41, 5.74) is 1.02. The number of sulfonamides is 1. The SMILES string of the molecule is CCn1cc(S(=O)(=O)N(C)CC2CC2)cc1CNC(C)C. The van der Waals surface area contributed by atoms with Crippen LogP contribution in [0.3, 0.4) is 0 Å². The molecular formula is C15H27N3O2S. The van der Waals surface area contributed by atoms with Crippen molar-refractivity contribution < 1.29 is 8.42 Å². The molecule has 0 unspecified atom stereocenters. The zero-order chi connectivity index (χ0) is 15.6. The molecule has 0 aromatic carbocycles. The average molecular weight is 313 g/mol. The van der Waals surface area contributed by atoms with Gasteiger partial charge in [-0.1, -0.05) is 13.8 Å². The number of rotatable bonds is 8. The van der Waals surface area contributed by atoms with Crippen molar-refractivity contribution in [3.63, 3.8) is 0 Å². The molecule has 120 valence electrons. The van der Waals surface area contributed by atoms with Gasteiger partial charge in [-0.3, -0.25) is 0 Å². The molecule has 5 nitrogen and oxygen atoms in total. The second-order valence-corrected chi connectivity index (χ2v) is 8.26. The van der Waals surface area contributed by atoms with Crippen molar-refractivity contribution in [2.24, 2.45) is 5.92 Å². The van der Waals surface area contributed by atoms with Crippen LogP contribution in [-0.4, -0.2) is 36.9 Å². The predicted molar refractivity (Wildman–Crippen MR) is 84.6 cm³/mol. The van der Waals surface area contributed by atoms with Crippen LogP contribution >= 0.6 is 0 Å². The molecule has 1 N–H and O–H groups in total. The fraction of sp³-hybridized carbons (Fsp3) is 0.733. The van der Waals surface area contributed by atoms with Crippen LogP contribution in [0.2, 0.25) is 0 Å². The first-order valence-electron chi connectivity index (χ1n) is 7.73. The first-order valence-corrected chi connectivity index (χ1v) is 9.17. The van der Waals surface area contributed by atoms with Crippen molar-refractivity contribution in [2.75, 3.05) is 13.6 Å². The summed E-state index contributed by atoms with van der Waals surface area (Å²) in [6.45, 7) is 8.30. The van der Waals surface area contributed by atoms with Crippen LogP contribution in [0.15, 0.2) is 17.2 Å². The number of aryl methyl sites for hydroxylation is 1. The Morgan fingerprint density at radius 1 is 1.43 bits per heavy atom. The Labute approximate surface area is 128 Å². The topological polar surface area (TPSA) is 54.3 Å². The lowest BCUT2D eigenvalue weighted by Crippen LogP contribution is -2.28. The molecule has 0 aliphatic heterocycles. The van der Waals surface area contributed by atoms with Crippen LogP contribution in [0.5, 0.6) is 0 Å². The molecule has 1 aromatic heterocycles. The van der Waals surface area contributed by atoms with E-state index in [9.17, 15) is 8.42 Å². The highest BCUT2D eigenvalue weighted by atomic mass is 32.2. The molecule has 1 fully saturated rings. The second-order valence-electron chi connectivity index (χ2n) is 6.22. The molecule has 0 spiro atoms. The molecular weight excluding hydrogens is 286 g/mol. The van der Waals surface area contributed by atoms with Gasteiger partial charge in [0.1, 0.15) is 4.90 Å². The molecule has 6 heteroatoms. The molecule has 0 radical (unpaired) electrons. The normalized spacial score (nSPS) is 16.1. The summed E-state index contributed by atoms with van der Waals surface area (Å²) in [7, 11) is -1.68. The van der Waals surface area contributed by atoms with E-state index in [0.717, 1.165) is 25.1 Å². The van der Waals surface area contributed by atoms with Crippen LogP contribution in [0, 0.1) is 5.92 Å². The summed E-state index contributed by atoms with van der Waals surface area (Å²) < 4.78 is 28.7. The molecule has 2 rings (SSSR count). The van der Waals surface area contributed by atoms with E-state index in [1.54, 1.807) is 19.3 Å². The predicted octanol–water partition coefficient (Wildman–Crippen LogP) is 2.04. The van der Waals surface area contributed by atoms with Gasteiger partial charge in [0.25, 0.3) is 0 Å². The molecule has 1 aliphatic rings. The summed E-state index contributed by atoms with van der Waals surface area (Å²) in [5.74, 6) is 0.556. The number of aromatic nitrogens is 1. The van der Waals surface area contributed by atoms with Gasteiger partial charge in [0.2, 0.25) is 10.0 Å². The van der Waals surface area contributed by atoms with Crippen LogP contribution in [0.25, 0.3) is 0 Å². The number of nitrogens with zero attached hydrogens (tertiary/aromatic N) is 2. The van der Waals surface area contributed by atoms with Crippen molar-refractivity contribution in [1.29, 1.82) is 0 Å². The Morgan fingerprint density at radius 2 is 2.10 bits per heavy atom. The highest BCUT2D eigenvalue weighted by Gasteiger charge is 2.30. The lowest BCUT2D eigenvalue weighted by Gasteiger charge is -2.15. The van der Waals surface area contributed by atoms with E-state index >= 15 is 0 Å². The van der Waals surface area contributed by atoms with Gasteiger partial charge in [0.15, 0.2) is 0 Å². The lowest BCUT2D eigenvalue weighted by molar-refractivity contribution is 0.452. The Bertz CT molecular complexity index is 574. The summed E-state index contributed by atoms with van der Waals surface area (Å²) in [5, 5.41) is 3.34. The molecule has 0 amide bonds. The van der Waals surface area contributed by atoms with E-state index in [2.05, 4.69) is 19.2 Å². The van der Waals surface area contributed by atoms with Crippen molar-refractivity contribution in [2.45, 2.75) is 57.6 Å². The summed E-state index contributed by atoms with van der Waals surface area (Å²) in [6.07, 6.45) is 4.06. The minimum absolute atomic E-state index is 0.378. The lowest BCUT2D eigenvalue weighted by atomic mass is 10.3. The van der Waals surface area contributed by atoms with Crippen LogP contribution < -0.4 is 5.32 Å². The molecule has 0 bridgehead atoms. The third-order valence-electron chi connectivity index (χ3n) is 3.91. The summed E-state index contributed by atoms with van der Waals surface area (Å²) >= 11 is 0. The number of hydrogen-bond donors (Lipinski definition) is 1. The molecule has 21 heavy (non-hydrogen) atoms. The maximum atomic E-state index is 12.6. The van der Waals surface area contributed by atoms with Crippen LogP contribution in [0.4, 0.5) is 0 Å². The molecule has 1 heterocycles. The molecule has 0 saturated heterocycles. The van der Waals surface area contributed by atoms with Gasteiger partial charge in [-0.15, -0.1) is 0 Å². The largest absolute Gasteiger partial charge is 0.349 e. The van der Waals surface area contributed by atoms with Gasteiger partial charge < -0.3 is 9.88 Å². The van der Waals surface area contributed by atoms with E-state index in [4.69, 9.17) is 0 Å². The maximum absolute atomic E-state index is 12.6. The Balaban J connectivity index is 2.17. The standard InChI is InChI=1S/C15H27N3O2S/c1-5-18-11-15(8-14(18)9-16-12(2)3)21(19,20)17(4)10-13-6-7-13/h8,11-13,16H,5-7,9-10H2,1-4H3. The fourth-order valence-electron chi connectivity index (χ4n) is 2.36. The molecule has 0 atom stereocenters. The van der Waals surface area contributed by atoms with Crippen molar-refractivity contribution in [3.05, 3.63) is 18.0 Å². The maximum Gasteiger partial charge on any atom is 0.244 e. The minimum Gasteiger partial charge on any atom is -0.349 e. The first-order chi connectivity index (χ1) is 9.84. The summed E-state index contributed by atoms with van der Waals surface area (Å²) in [4.78, 5) is 0.410. The van der Waals surface area contributed by atoms with Gasteiger partial charge >= 0.3 is 0 Å². The van der Waals surface area contributed by atoms with Crippen LogP contribution in [-0.2, 0) is 23.1 Å². The van der Waals surface area contributed by atoms with E-state index < -0.39 is 10.0 Å². The van der Waals surface area contributed by atoms with Gasteiger partial charge in [0, 0.05) is 44.6 Å². The Kier molecular flexibility index (Phi) is 5.11. The second kappa shape index (κ2) is 6.50. The van der Waals surface area contributed by atoms with E-state index in [-0.39, 0.29) is 0 Å². The van der Waals surface area contributed by atoms with Gasteiger partial charge in [0.05, 0.1) is 0 Å². The van der Waals surface area contributed by atoms with Gasteiger partial charge in [-0.05, 0) is 31.7 Å². The third-order valence-corrected chi connectivity index (χ3v) is 5.70. The third kappa shape index (κ3) is 4.08. The fourth-order valence-corrected chi connectivity index (χ4v) is 3.67. The monoisotopic (exact) mass is 313 g/mol. The first kappa shape index (κ1) is 16.5. The van der Waals surface area contributed by atoms with E-state index in [0.29, 0.717) is 29.9 Å². The Morgan fingerprint density at radius 3 is 2.62 bits per heavy atom. The highest BCUT2D eigenvalue weighted by Crippen LogP contribution is 2.31. The Hall–Kier alpha value is -0.850. The van der Waals surface area contributed by atoms with Crippen LogP contribution in [0.1, 0.15) is 39.3 Å². The zero-order valence-electron chi connectivity index (χ0n) is 13.5. The quantitative estimate of drug-likeness (QED) is 0.799. The van der Waals surface area contributed by atoms with Crippen molar-refractivity contribution in [3.8, 4) is 0 Å². The highest BCUT2D eigenvalue weighted by molar-refractivity contribution is 7.89. The minimum atomic E-state index is -3.36. The van der Waals surface area contributed by atoms with Crippen molar-refractivity contribution >= 4 is 10.0 Å². The van der Waals surface area contributed by atoms with E-state index in [1.165, 1.54) is 4.31 Å². The van der Waals surface area contributed by atoms with Crippen molar-refractivity contribution in [1.82, 2.24) is 14.2 Å². The number of hydrogen-bond acceptors (Lipinski definition) is 3. The molecule has 1 aliphatic carbocycles. The van der Waals surface area contributed by atoms with E-state index in [1.807, 2.05) is 11.5 Å². The number of nitrogens with one attached hydrogen (secondary N) is 1. The van der Waals surface area contributed by atoms with Gasteiger partial charge in [-0.2, -0.15) is 0 Å². The average Bonchev–Trinajstić information content (AvgIpc) is 3.12. The summed E-state index contributed by atoms with van der Waals surface area (Å²) in [6, 6.07) is 2.18.